The van der Waals surface area contributed by atoms with Crippen molar-refractivity contribution >= 4 is 23.7 Å². The first-order chi connectivity index (χ1) is 13.5. The zero-order chi connectivity index (χ0) is 21.9. The van der Waals surface area contributed by atoms with Crippen molar-refractivity contribution in [3.8, 4) is 0 Å². The first kappa shape index (κ1) is 22.6. The number of ketones is 1. The number of ether oxygens (including phenoxy) is 3. The third kappa shape index (κ3) is 5.02. The van der Waals surface area contributed by atoms with Crippen molar-refractivity contribution < 1.29 is 33.4 Å². The van der Waals surface area contributed by atoms with Crippen molar-refractivity contribution in [1.29, 1.82) is 0 Å². The van der Waals surface area contributed by atoms with E-state index in [1.54, 1.807) is 26.0 Å². The number of hydrogen-bond acceptors (Lipinski definition) is 7. The average Bonchev–Trinajstić information content (AvgIpc) is 2.90. The first-order valence-electron chi connectivity index (χ1n) is 9.60. The lowest BCUT2D eigenvalue weighted by molar-refractivity contribution is -0.171. The van der Waals surface area contributed by atoms with E-state index in [0.29, 0.717) is 12.0 Å². The Balaban J connectivity index is 2.54. The van der Waals surface area contributed by atoms with E-state index in [4.69, 9.17) is 14.2 Å². The van der Waals surface area contributed by atoms with Gasteiger partial charge in [-0.3, -0.25) is 9.59 Å². The Labute approximate surface area is 170 Å². The minimum Gasteiger partial charge on any atom is -0.458 e. The van der Waals surface area contributed by atoms with Gasteiger partial charge in [0.05, 0.1) is 5.92 Å². The summed E-state index contributed by atoms with van der Waals surface area (Å²) < 4.78 is 16.6. The number of allylic oxidation sites excluding steroid dienone is 2. The summed E-state index contributed by atoms with van der Waals surface area (Å²) in [5.74, 6) is -2.73. The number of hydrogen-bond donors (Lipinski definition) is 0. The van der Waals surface area contributed by atoms with E-state index in [0.717, 1.165) is 5.57 Å². The first-order valence-corrected chi connectivity index (χ1v) is 9.60. The molecule has 0 bridgehead atoms. The lowest BCUT2D eigenvalue weighted by atomic mass is 9.79. The third-order valence-corrected chi connectivity index (χ3v) is 5.45. The zero-order valence-corrected chi connectivity index (χ0v) is 17.6. The van der Waals surface area contributed by atoms with Crippen LogP contribution in [0.1, 0.15) is 53.9 Å². The summed E-state index contributed by atoms with van der Waals surface area (Å²) in [6.45, 7) is 11.7. The highest BCUT2D eigenvalue weighted by atomic mass is 16.6. The standard InChI is InChI=1S/C22H28O7/c1-7-13(3)20(25)28-17-11-22(6,29-15(5)23)18(24)9-8-12(2)10-16-19(17)14(4)21(26)27-16/h7-8,16-17,19H,4,9-11H2,1-3,5-6H3/b12-8-,13-7-/t16-,17+,19+,22-/m1/s1. The number of carbonyl (C=O) groups is 4. The molecule has 29 heavy (non-hydrogen) atoms. The van der Waals surface area contributed by atoms with Crippen LogP contribution in [-0.4, -0.2) is 41.5 Å². The molecule has 1 fully saturated rings. The van der Waals surface area contributed by atoms with Crippen LogP contribution in [-0.2, 0) is 33.4 Å². The molecule has 2 aliphatic rings. The minimum atomic E-state index is -1.52. The predicted molar refractivity (Wildman–Crippen MR) is 105 cm³/mol. The maximum atomic E-state index is 12.9. The Bertz CT molecular complexity index is 804. The van der Waals surface area contributed by atoms with Gasteiger partial charge in [-0.2, -0.15) is 0 Å². The van der Waals surface area contributed by atoms with Crippen molar-refractivity contribution in [2.75, 3.05) is 0 Å². The van der Waals surface area contributed by atoms with Gasteiger partial charge in [0.1, 0.15) is 12.2 Å². The molecule has 0 N–H and O–H groups in total. The second-order valence-electron chi connectivity index (χ2n) is 7.82. The molecule has 0 radical (unpaired) electrons. The fourth-order valence-corrected chi connectivity index (χ4v) is 3.67. The second kappa shape index (κ2) is 8.76. The van der Waals surface area contributed by atoms with Gasteiger partial charge in [0.15, 0.2) is 11.4 Å². The zero-order valence-electron chi connectivity index (χ0n) is 17.6. The van der Waals surface area contributed by atoms with Crippen LogP contribution in [0.5, 0.6) is 0 Å². The number of carbonyl (C=O) groups excluding carboxylic acids is 4. The van der Waals surface area contributed by atoms with Crippen LogP contribution in [0.4, 0.5) is 0 Å². The van der Waals surface area contributed by atoms with Crippen LogP contribution in [0.25, 0.3) is 0 Å². The molecule has 1 heterocycles. The van der Waals surface area contributed by atoms with Crippen molar-refractivity contribution in [2.45, 2.75) is 71.7 Å². The smallest absolute Gasteiger partial charge is 0.334 e. The fourth-order valence-electron chi connectivity index (χ4n) is 3.67. The summed E-state index contributed by atoms with van der Waals surface area (Å²) in [6.07, 6.45) is 2.18. The summed E-state index contributed by atoms with van der Waals surface area (Å²) in [5, 5.41) is 0. The van der Waals surface area contributed by atoms with Crippen LogP contribution >= 0.6 is 0 Å². The van der Waals surface area contributed by atoms with Crippen LogP contribution in [0.3, 0.4) is 0 Å². The molecular formula is C22H28O7. The van der Waals surface area contributed by atoms with E-state index < -0.39 is 41.6 Å². The molecule has 1 saturated heterocycles. The van der Waals surface area contributed by atoms with Crippen LogP contribution in [0, 0.1) is 5.92 Å². The van der Waals surface area contributed by atoms with Gasteiger partial charge in [-0.1, -0.05) is 24.3 Å². The molecule has 1 aliphatic carbocycles. The second-order valence-corrected chi connectivity index (χ2v) is 7.82. The molecule has 7 heteroatoms. The lowest BCUT2D eigenvalue weighted by Gasteiger charge is -2.35. The fraction of sp³-hybridized carbons (Fsp3) is 0.545. The van der Waals surface area contributed by atoms with Crippen LogP contribution in [0.15, 0.2) is 35.5 Å². The largest absolute Gasteiger partial charge is 0.458 e. The van der Waals surface area contributed by atoms with Gasteiger partial charge in [-0.15, -0.1) is 0 Å². The molecular weight excluding hydrogens is 376 g/mol. The van der Waals surface area contributed by atoms with E-state index in [-0.39, 0.29) is 24.2 Å². The Hall–Kier alpha value is -2.70. The van der Waals surface area contributed by atoms with Crippen molar-refractivity contribution in [1.82, 2.24) is 0 Å². The molecule has 1 aliphatic heterocycles. The Morgan fingerprint density at radius 1 is 1.31 bits per heavy atom. The number of esters is 3. The Kier molecular flexibility index (Phi) is 6.82. The highest BCUT2D eigenvalue weighted by molar-refractivity contribution is 5.93. The van der Waals surface area contributed by atoms with Gasteiger partial charge >= 0.3 is 17.9 Å². The number of rotatable bonds is 3. The molecule has 2 rings (SSSR count). The maximum Gasteiger partial charge on any atom is 0.334 e. The molecule has 7 nitrogen and oxygen atoms in total. The van der Waals surface area contributed by atoms with E-state index in [1.807, 2.05) is 6.92 Å². The summed E-state index contributed by atoms with van der Waals surface area (Å²) >= 11 is 0. The SMILES string of the molecule is C=C1C(=O)O[C@@H]2C/C(C)=C\CC(=O)[C@](C)(OC(C)=O)C[C@H](OC(=O)/C(C)=C\C)[C@@H]12. The summed E-state index contributed by atoms with van der Waals surface area (Å²) in [4.78, 5) is 49.3. The Morgan fingerprint density at radius 2 is 1.97 bits per heavy atom. The van der Waals surface area contributed by atoms with Crippen LogP contribution < -0.4 is 0 Å². The quantitative estimate of drug-likeness (QED) is 0.309. The van der Waals surface area contributed by atoms with Gasteiger partial charge in [-0.25, -0.2) is 9.59 Å². The van der Waals surface area contributed by atoms with Crippen LogP contribution in [0.2, 0.25) is 0 Å². The Morgan fingerprint density at radius 3 is 2.55 bits per heavy atom. The van der Waals surface area contributed by atoms with Gasteiger partial charge in [0, 0.05) is 37.3 Å². The van der Waals surface area contributed by atoms with E-state index >= 15 is 0 Å². The van der Waals surface area contributed by atoms with E-state index in [1.165, 1.54) is 13.8 Å². The molecule has 158 valence electrons. The lowest BCUT2D eigenvalue weighted by Crippen LogP contribution is -2.47. The third-order valence-electron chi connectivity index (χ3n) is 5.45. The monoisotopic (exact) mass is 404 g/mol. The van der Waals surface area contributed by atoms with Crippen molar-refractivity contribution in [3.05, 3.63) is 35.5 Å². The van der Waals surface area contributed by atoms with Crippen molar-refractivity contribution in [2.24, 2.45) is 5.92 Å². The number of Topliss-reactive ketones (excluding diaryl/α,β-unsaturated/α-hetero) is 1. The van der Waals surface area contributed by atoms with Crippen molar-refractivity contribution in [3.63, 3.8) is 0 Å². The minimum absolute atomic E-state index is 0.0520. The molecule has 4 atom stereocenters. The maximum absolute atomic E-state index is 12.9. The predicted octanol–water partition coefficient (Wildman–Crippen LogP) is 2.98. The summed E-state index contributed by atoms with van der Waals surface area (Å²) in [7, 11) is 0. The molecule has 0 aromatic rings. The molecule has 0 amide bonds. The summed E-state index contributed by atoms with van der Waals surface area (Å²) in [6, 6.07) is 0. The van der Waals surface area contributed by atoms with Gasteiger partial charge in [0.2, 0.25) is 0 Å². The highest BCUT2D eigenvalue weighted by Gasteiger charge is 2.50. The number of fused-ring (bicyclic) bond motifs is 1. The van der Waals surface area contributed by atoms with E-state index in [9.17, 15) is 19.2 Å². The molecule has 0 aromatic carbocycles. The van der Waals surface area contributed by atoms with Gasteiger partial charge in [0.25, 0.3) is 0 Å². The topological polar surface area (TPSA) is 96.0 Å². The molecule has 0 spiro atoms. The van der Waals surface area contributed by atoms with E-state index in [2.05, 4.69) is 6.58 Å². The highest BCUT2D eigenvalue weighted by Crippen LogP contribution is 2.39. The van der Waals surface area contributed by atoms with Gasteiger partial charge in [-0.05, 0) is 27.7 Å². The summed E-state index contributed by atoms with van der Waals surface area (Å²) in [5.41, 5.74) is -0.119. The van der Waals surface area contributed by atoms with Gasteiger partial charge < -0.3 is 14.2 Å². The normalized spacial score (nSPS) is 32.6. The molecule has 0 saturated carbocycles. The molecule has 0 aromatic heterocycles. The molecule has 0 unspecified atom stereocenters. The average molecular weight is 404 g/mol.